The molecule has 3 saturated carbocycles. The Balaban J connectivity index is 1.74. The molecule has 0 aromatic carbocycles. The Morgan fingerprint density at radius 1 is 1.09 bits per heavy atom. The molecule has 3 heteroatoms. The Labute approximate surface area is 139 Å². The number of rotatable bonds is 1. The summed E-state index contributed by atoms with van der Waals surface area (Å²) in [7, 11) is 0. The van der Waals surface area contributed by atoms with Crippen LogP contribution in [0.4, 0.5) is 0 Å². The van der Waals surface area contributed by atoms with Crippen molar-refractivity contribution in [2.45, 2.75) is 71.0 Å². The first-order valence-corrected chi connectivity index (χ1v) is 9.61. The molecule has 23 heavy (non-hydrogen) atoms. The monoisotopic (exact) mass is 320 g/mol. The van der Waals surface area contributed by atoms with E-state index in [-0.39, 0.29) is 29.6 Å². The molecule has 3 N–H and O–H groups in total. The molecular formula is C20H32O3. The van der Waals surface area contributed by atoms with E-state index in [1.807, 2.05) is 0 Å². The van der Waals surface area contributed by atoms with Gasteiger partial charge in [0.2, 0.25) is 0 Å². The minimum atomic E-state index is -0.328. The third kappa shape index (κ3) is 2.06. The lowest BCUT2D eigenvalue weighted by Gasteiger charge is -2.60. The normalized spacial score (nSPS) is 55.6. The van der Waals surface area contributed by atoms with Crippen LogP contribution >= 0.6 is 0 Å². The molecule has 8 atom stereocenters. The van der Waals surface area contributed by atoms with Gasteiger partial charge in [0.25, 0.3) is 0 Å². The number of aliphatic hydroxyl groups is 3. The molecule has 0 bridgehead atoms. The Bertz CT molecular complexity index is 515. The number of fused-ring (bicyclic) bond motifs is 5. The average Bonchev–Trinajstić information content (AvgIpc) is 2.84. The van der Waals surface area contributed by atoms with Gasteiger partial charge in [0.1, 0.15) is 0 Å². The molecular weight excluding hydrogens is 288 g/mol. The van der Waals surface area contributed by atoms with Crippen LogP contribution in [0.5, 0.6) is 0 Å². The van der Waals surface area contributed by atoms with E-state index in [1.54, 1.807) is 0 Å². The highest BCUT2D eigenvalue weighted by atomic mass is 16.3. The van der Waals surface area contributed by atoms with E-state index < -0.39 is 0 Å². The molecule has 4 aliphatic carbocycles. The van der Waals surface area contributed by atoms with Crippen LogP contribution in [0.3, 0.4) is 0 Å². The van der Waals surface area contributed by atoms with Crippen LogP contribution in [0, 0.1) is 34.5 Å². The molecule has 3 unspecified atom stereocenters. The summed E-state index contributed by atoms with van der Waals surface area (Å²) < 4.78 is 0. The van der Waals surface area contributed by atoms with Crippen LogP contribution in [-0.4, -0.2) is 34.1 Å². The fraction of sp³-hybridized carbons (Fsp3) is 0.900. The minimum Gasteiger partial charge on any atom is -0.395 e. The molecule has 0 radical (unpaired) electrons. The zero-order chi connectivity index (χ0) is 16.4. The van der Waals surface area contributed by atoms with Crippen molar-refractivity contribution < 1.29 is 15.3 Å². The SMILES string of the molecule is CC1C[C@@H]2[C@@H](CC[C@]3(C)C(O)CC[C@@H]23)[C@@]2(CO)CCC(O)C=C12. The number of hydrogen-bond donors (Lipinski definition) is 3. The molecule has 0 heterocycles. The van der Waals surface area contributed by atoms with Crippen LogP contribution < -0.4 is 0 Å². The molecule has 130 valence electrons. The summed E-state index contributed by atoms with van der Waals surface area (Å²) in [6.07, 6.45) is 8.78. The van der Waals surface area contributed by atoms with Crippen molar-refractivity contribution >= 4 is 0 Å². The van der Waals surface area contributed by atoms with E-state index in [2.05, 4.69) is 19.9 Å². The first kappa shape index (κ1) is 16.1. The van der Waals surface area contributed by atoms with Crippen molar-refractivity contribution in [3.05, 3.63) is 11.6 Å². The molecule has 3 nitrogen and oxygen atoms in total. The Morgan fingerprint density at radius 3 is 2.61 bits per heavy atom. The van der Waals surface area contributed by atoms with Crippen LogP contribution in [0.15, 0.2) is 11.6 Å². The molecule has 0 amide bonds. The molecule has 0 aromatic rings. The van der Waals surface area contributed by atoms with Crippen molar-refractivity contribution in [1.29, 1.82) is 0 Å². The fourth-order valence-electron chi connectivity index (χ4n) is 7.16. The fourth-order valence-corrected chi connectivity index (χ4v) is 7.16. The summed E-state index contributed by atoms with van der Waals surface area (Å²) in [6, 6.07) is 0. The van der Waals surface area contributed by atoms with Crippen molar-refractivity contribution in [2.24, 2.45) is 34.5 Å². The zero-order valence-corrected chi connectivity index (χ0v) is 14.5. The second-order valence-electron chi connectivity index (χ2n) is 9.19. The predicted octanol–water partition coefficient (Wildman–Crippen LogP) is 2.89. The summed E-state index contributed by atoms with van der Waals surface area (Å²) in [4.78, 5) is 0. The average molecular weight is 320 g/mol. The van der Waals surface area contributed by atoms with Crippen molar-refractivity contribution in [3.63, 3.8) is 0 Å². The highest BCUT2D eigenvalue weighted by molar-refractivity contribution is 5.28. The van der Waals surface area contributed by atoms with Gasteiger partial charge in [-0.3, -0.25) is 0 Å². The second-order valence-corrected chi connectivity index (χ2v) is 9.19. The third-order valence-electron chi connectivity index (χ3n) is 8.37. The van der Waals surface area contributed by atoms with Gasteiger partial charge in [0, 0.05) is 5.41 Å². The minimum absolute atomic E-state index is 0.0902. The molecule has 0 spiro atoms. The van der Waals surface area contributed by atoms with Crippen molar-refractivity contribution in [3.8, 4) is 0 Å². The van der Waals surface area contributed by atoms with E-state index in [0.717, 1.165) is 44.9 Å². The van der Waals surface area contributed by atoms with Gasteiger partial charge in [0.05, 0.1) is 18.8 Å². The summed E-state index contributed by atoms with van der Waals surface area (Å²) in [5.74, 6) is 2.21. The zero-order valence-electron chi connectivity index (χ0n) is 14.5. The maximum absolute atomic E-state index is 10.5. The Morgan fingerprint density at radius 2 is 1.87 bits per heavy atom. The van der Waals surface area contributed by atoms with Gasteiger partial charge < -0.3 is 15.3 Å². The second kappa shape index (κ2) is 5.31. The Hall–Kier alpha value is -0.380. The molecule has 0 saturated heterocycles. The van der Waals surface area contributed by atoms with Crippen LogP contribution in [-0.2, 0) is 0 Å². The first-order valence-electron chi connectivity index (χ1n) is 9.61. The van der Waals surface area contributed by atoms with Gasteiger partial charge in [-0.1, -0.05) is 25.5 Å². The standard InChI is InChI=1S/C20H32O3/c1-12-9-14-15-3-4-18(23)19(15,2)7-6-16(14)20(11-21)8-5-13(22)10-17(12)20/h10,12-16,18,21-23H,3-9,11H2,1-2H3/t12?,13?,14-,15-,16+,18?,19-,20-/m0/s1. The van der Waals surface area contributed by atoms with E-state index >= 15 is 0 Å². The van der Waals surface area contributed by atoms with Gasteiger partial charge in [-0.05, 0) is 74.0 Å². The highest BCUT2D eigenvalue weighted by Crippen LogP contribution is 2.66. The molecule has 3 fully saturated rings. The quantitative estimate of drug-likeness (QED) is 0.651. The molecule has 4 aliphatic rings. The highest BCUT2D eigenvalue weighted by Gasteiger charge is 2.60. The largest absolute Gasteiger partial charge is 0.395 e. The topological polar surface area (TPSA) is 60.7 Å². The maximum atomic E-state index is 10.5. The van der Waals surface area contributed by atoms with Gasteiger partial charge in [-0.2, -0.15) is 0 Å². The van der Waals surface area contributed by atoms with E-state index in [1.165, 1.54) is 5.57 Å². The van der Waals surface area contributed by atoms with Gasteiger partial charge in [-0.15, -0.1) is 0 Å². The lowest BCUT2D eigenvalue weighted by atomic mass is 9.45. The van der Waals surface area contributed by atoms with Crippen molar-refractivity contribution in [2.75, 3.05) is 6.61 Å². The van der Waals surface area contributed by atoms with Gasteiger partial charge >= 0.3 is 0 Å². The van der Waals surface area contributed by atoms with E-state index in [4.69, 9.17) is 0 Å². The van der Waals surface area contributed by atoms with Gasteiger partial charge in [-0.25, -0.2) is 0 Å². The van der Waals surface area contributed by atoms with Crippen LogP contribution in [0.1, 0.15) is 58.8 Å². The summed E-state index contributed by atoms with van der Waals surface area (Å²) >= 11 is 0. The lowest BCUT2D eigenvalue weighted by Crippen LogP contribution is -2.55. The third-order valence-corrected chi connectivity index (χ3v) is 8.37. The first-order chi connectivity index (χ1) is 10.9. The van der Waals surface area contributed by atoms with Crippen LogP contribution in [0.2, 0.25) is 0 Å². The predicted molar refractivity (Wildman–Crippen MR) is 89.7 cm³/mol. The molecule has 4 rings (SSSR count). The number of aliphatic hydroxyl groups excluding tert-OH is 3. The Kier molecular flexibility index (Phi) is 3.72. The van der Waals surface area contributed by atoms with Gasteiger partial charge in [0.15, 0.2) is 0 Å². The molecule has 0 aliphatic heterocycles. The molecule has 0 aromatic heterocycles. The smallest absolute Gasteiger partial charge is 0.0724 e. The maximum Gasteiger partial charge on any atom is 0.0724 e. The lowest BCUT2D eigenvalue weighted by molar-refractivity contribution is -0.101. The van der Waals surface area contributed by atoms with Crippen LogP contribution in [0.25, 0.3) is 0 Å². The number of hydrogen-bond acceptors (Lipinski definition) is 3. The summed E-state index contributed by atoms with van der Waals surface area (Å²) in [5, 5.41) is 31.0. The van der Waals surface area contributed by atoms with Crippen molar-refractivity contribution in [1.82, 2.24) is 0 Å². The summed E-state index contributed by atoms with van der Waals surface area (Å²) in [6.45, 7) is 4.81. The van der Waals surface area contributed by atoms with E-state index in [0.29, 0.717) is 23.7 Å². The van der Waals surface area contributed by atoms with E-state index in [9.17, 15) is 15.3 Å². The summed E-state index contributed by atoms with van der Waals surface area (Å²) in [5.41, 5.74) is 1.32.